The Bertz CT molecular complexity index is 414. The Morgan fingerprint density at radius 1 is 1.44 bits per heavy atom. The van der Waals surface area contributed by atoms with E-state index in [0.717, 1.165) is 5.56 Å². The average molecular weight is 219 g/mol. The molecule has 0 fully saturated rings. The largest absolute Gasteiger partial charge is 0.477 e. The summed E-state index contributed by atoms with van der Waals surface area (Å²) in [5.74, 6) is -1.16. The van der Waals surface area contributed by atoms with Gasteiger partial charge in [0, 0.05) is 0 Å². The minimum Gasteiger partial charge on any atom is -0.477 e. The number of carbonyl (C=O) groups is 1. The van der Waals surface area contributed by atoms with Gasteiger partial charge in [0.05, 0.1) is 5.92 Å². The molecule has 1 N–H and O–H groups in total. The monoisotopic (exact) mass is 219 g/mol. The van der Waals surface area contributed by atoms with Gasteiger partial charge < -0.3 is 9.94 Å². The van der Waals surface area contributed by atoms with Crippen LogP contribution >= 0.6 is 0 Å². The van der Waals surface area contributed by atoms with E-state index in [9.17, 15) is 4.79 Å². The van der Waals surface area contributed by atoms with Crippen molar-refractivity contribution in [3.63, 3.8) is 0 Å². The third-order valence-corrected chi connectivity index (χ3v) is 2.77. The summed E-state index contributed by atoms with van der Waals surface area (Å²) in [6, 6.07) is 9.58. The first-order valence-corrected chi connectivity index (χ1v) is 5.26. The van der Waals surface area contributed by atoms with E-state index in [1.54, 1.807) is 0 Å². The van der Waals surface area contributed by atoms with Crippen LogP contribution in [0.15, 0.2) is 35.5 Å². The molecule has 0 radical (unpaired) electrons. The van der Waals surface area contributed by atoms with Gasteiger partial charge in [0.2, 0.25) is 0 Å². The van der Waals surface area contributed by atoms with Crippen LogP contribution < -0.4 is 0 Å². The van der Waals surface area contributed by atoms with E-state index in [-0.39, 0.29) is 17.7 Å². The minimum atomic E-state index is -0.995. The summed E-state index contributed by atoms with van der Waals surface area (Å²) < 4.78 is 0. The molecule has 84 valence electrons. The molecule has 0 saturated heterocycles. The van der Waals surface area contributed by atoms with Crippen molar-refractivity contribution in [1.29, 1.82) is 0 Å². The van der Waals surface area contributed by atoms with Gasteiger partial charge in [-0.15, -0.1) is 0 Å². The van der Waals surface area contributed by atoms with Crippen molar-refractivity contribution in [1.82, 2.24) is 0 Å². The molecule has 2 atom stereocenters. The second-order valence-corrected chi connectivity index (χ2v) is 3.73. The first kappa shape index (κ1) is 10.7. The van der Waals surface area contributed by atoms with Gasteiger partial charge in [0.1, 0.15) is 0 Å². The summed E-state index contributed by atoms with van der Waals surface area (Å²) in [4.78, 5) is 16.2. The predicted octanol–water partition coefficient (Wildman–Crippen LogP) is 2.22. The molecule has 0 spiro atoms. The Labute approximate surface area is 93.5 Å². The first-order chi connectivity index (χ1) is 7.74. The molecule has 1 aromatic rings. The second kappa shape index (κ2) is 4.35. The number of nitrogens with zero attached hydrogens (tertiary/aromatic N) is 1. The van der Waals surface area contributed by atoms with Crippen molar-refractivity contribution in [2.75, 3.05) is 0 Å². The van der Waals surface area contributed by atoms with E-state index in [1.807, 2.05) is 37.3 Å². The van der Waals surface area contributed by atoms with Gasteiger partial charge in [-0.25, -0.2) is 4.79 Å². The maximum absolute atomic E-state index is 10.9. The normalized spacial score (nSPS) is 23.7. The minimum absolute atomic E-state index is 0.122. The van der Waals surface area contributed by atoms with E-state index in [4.69, 9.17) is 9.94 Å². The highest BCUT2D eigenvalue weighted by atomic mass is 16.6. The number of hydrogen-bond donors (Lipinski definition) is 1. The summed E-state index contributed by atoms with van der Waals surface area (Å²) in [5.41, 5.74) is 1.09. The molecule has 2 rings (SSSR count). The molecule has 1 heterocycles. The lowest BCUT2D eigenvalue weighted by molar-refractivity contribution is -0.129. The Kier molecular flexibility index (Phi) is 2.90. The highest BCUT2D eigenvalue weighted by Crippen LogP contribution is 2.34. The Morgan fingerprint density at radius 2 is 2.12 bits per heavy atom. The van der Waals surface area contributed by atoms with Crippen molar-refractivity contribution >= 4 is 11.7 Å². The fraction of sp³-hybridized carbons (Fsp3) is 0.333. The lowest BCUT2D eigenvalue weighted by Gasteiger charge is -2.15. The van der Waals surface area contributed by atoms with Crippen LogP contribution in [0.4, 0.5) is 0 Å². The van der Waals surface area contributed by atoms with Crippen LogP contribution in [-0.4, -0.2) is 16.8 Å². The second-order valence-electron chi connectivity index (χ2n) is 3.73. The zero-order valence-corrected chi connectivity index (χ0v) is 8.96. The van der Waals surface area contributed by atoms with Gasteiger partial charge >= 0.3 is 5.97 Å². The highest BCUT2D eigenvalue weighted by Gasteiger charge is 2.37. The lowest BCUT2D eigenvalue weighted by atomic mass is 9.90. The number of carboxylic acid groups (broad SMARTS) is 1. The number of rotatable bonds is 3. The Balaban J connectivity index is 2.25. The zero-order valence-electron chi connectivity index (χ0n) is 8.96. The molecule has 0 amide bonds. The first-order valence-electron chi connectivity index (χ1n) is 5.26. The topological polar surface area (TPSA) is 58.9 Å². The number of benzene rings is 1. The smallest absolute Gasteiger partial charge is 0.354 e. The summed E-state index contributed by atoms with van der Waals surface area (Å²) in [6.45, 7) is 1.94. The molecular weight excluding hydrogens is 206 g/mol. The molecule has 1 aliphatic heterocycles. The van der Waals surface area contributed by atoms with Crippen LogP contribution in [0.25, 0.3) is 0 Å². The predicted molar refractivity (Wildman–Crippen MR) is 59.1 cm³/mol. The molecule has 1 aromatic carbocycles. The Hall–Kier alpha value is -1.84. The highest BCUT2D eigenvalue weighted by molar-refractivity contribution is 6.36. The fourth-order valence-electron chi connectivity index (χ4n) is 1.94. The quantitative estimate of drug-likeness (QED) is 0.848. The SMILES string of the molecule is CCC1C(C(=O)O)=NOC1c1ccccc1. The molecule has 2 unspecified atom stereocenters. The van der Waals surface area contributed by atoms with Crippen LogP contribution in [0.3, 0.4) is 0 Å². The van der Waals surface area contributed by atoms with Crippen molar-refractivity contribution in [2.24, 2.45) is 11.1 Å². The van der Waals surface area contributed by atoms with E-state index < -0.39 is 5.97 Å². The number of carboxylic acids is 1. The summed E-state index contributed by atoms with van der Waals surface area (Å²) in [5, 5.41) is 12.6. The maximum Gasteiger partial charge on any atom is 0.354 e. The molecule has 0 aliphatic carbocycles. The van der Waals surface area contributed by atoms with Crippen molar-refractivity contribution in [3.8, 4) is 0 Å². The van der Waals surface area contributed by atoms with Crippen LogP contribution in [-0.2, 0) is 9.63 Å². The molecule has 4 nitrogen and oxygen atoms in total. The Morgan fingerprint density at radius 3 is 2.69 bits per heavy atom. The van der Waals surface area contributed by atoms with Gasteiger partial charge in [-0.05, 0) is 12.0 Å². The van der Waals surface area contributed by atoms with E-state index in [1.165, 1.54) is 0 Å². The van der Waals surface area contributed by atoms with Gasteiger partial charge in [-0.2, -0.15) is 0 Å². The van der Waals surface area contributed by atoms with Gasteiger partial charge in [-0.1, -0.05) is 42.4 Å². The van der Waals surface area contributed by atoms with E-state index >= 15 is 0 Å². The van der Waals surface area contributed by atoms with Crippen LogP contribution in [0.5, 0.6) is 0 Å². The number of oxime groups is 1. The average Bonchev–Trinajstić information content (AvgIpc) is 2.73. The van der Waals surface area contributed by atoms with Crippen molar-refractivity contribution in [3.05, 3.63) is 35.9 Å². The fourth-order valence-corrected chi connectivity index (χ4v) is 1.94. The maximum atomic E-state index is 10.9. The molecule has 0 aromatic heterocycles. The summed E-state index contributed by atoms with van der Waals surface area (Å²) in [7, 11) is 0. The van der Waals surface area contributed by atoms with Gasteiger partial charge in [0.15, 0.2) is 11.8 Å². The van der Waals surface area contributed by atoms with Gasteiger partial charge in [-0.3, -0.25) is 0 Å². The van der Waals surface area contributed by atoms with Crippen LogP contribution in [0.2, 0.25) is 0 Å². The molecule has 16 heavy (non-hydrogen) atoms. The number of hydrogen-bond acceptors (Lipinski definition) is 3. The zero-order chi connectivity index (χ0) is 11.5. The molecule has 0 saturated carbocycles. The lowest BCUT2D eigenvalue weighted by Crippen LogP contribution is -2.23. The number of aliphatic carboxylic acids is 1. The summed E-state index contributed by atoms with van der Waals surface area (Å²) in [6.07, 6.45) is 0.433. The van der Waals surface area contributed by atoms with E-state index in [0.29, 0.717) is 6.42 Å². The molecule has 1 aliphatic rings. The third kappa shape index (κ3) is 1.78. The van der Waals surface area contributed by atoms with Crippen LogP contribution in [0, 0.1) is 5.92 Å². The molecular formula is C12H13NO3. The molecule has 0 bridgehead atoms. The van der Waals surface area contributed by atoms with Crippen molar-refractivity contribution < 1.29 is 14.7 Å². The molecule has 4 heteroatoms. The summed E-state index contributed by atoms with van der Waals surface area (Å²) >= 11 is 0. The third-order valence-electron chi connectivity index (χ3n) is 2.77. The standard InChI is InChI=1S/C12H13NO3/c1-2-9-10(12(14)15)13-16-11(9)8-6-4-3-5-7-8/h3-7,9,11H,2H2,1H3,(H,14,15). The van der Waals surface area contributed by atoms with Crippen molar-refractivity contribution in [2.45, 2.75) is 19.4 Å². The van der Waals surface area contributed by atoms with E-state index in [2.05, 4.69) is 5.16 Å². The van der Waals surface area contributed by atoms with Gasteiger partial charge in [0.25, 0.3) is 0 Å². The van der Waals surface area contributed by atoms with Crippen LogP contribution in [0.1, 0.15) is 25.0 Å².